The van der Waals surface area contributed by atoms with Gasteiger partial charge >= 0.3 is 0 Å². The van der Waals surface area contributed by atoms with Gasteiger partial charge in [-0.2, -0.15) is 0 Å². The number of ether oxygens (including phenoxy) is 3. The Bertz CT molecular complexity index is 1800. The first-order valence-electron chi connectivity index (χ1n) is 15.1. The lowest BCUT2D eigenvalue weighted by Gasteiger charge is -2.28. The summed E-state index contributed by atoms with van der Waals surface area (Å²) in [6, 6.07) is 26.5. The smallest absolute Gasteiger partial charge is 0.257 e. The first-order chi connectivity index (χ1) is 22.1. The maximum atomic E-state index is 13.3. The van der Waals surface area contributed by atoms with Crippen LogP contribution in [0, 0.1) is 0 Å². The van der Waals surface area contributed by atoms with Crippen LogP contribution in [0.1, 0.15) is 26.4 Å². The number of fused-ring (bicyclic) bond motifs is 2. The van der Waals surface area contributed by atoms with E-state index in [1.165, 1.54) is 10.6 Å². The van der Waals surface area contributed by atoms with Crippen molar-refractivity contribution in [2.24, 2.45) is 0 Å². The third-order valence-electron chi connectivity index (χ3n) is 8.21. The van der Waals surface area contributed by atoms with E-state index in [1.807, 2.05) is 54.2 Å². The molecule has 0 unspecified atom stereocenters. The molecule has 0 aliphatic carbocycles. The second-order valence-corrected chi connectivity index (χ2v) is 12.1. The SMILES string of the molecule is COc1cc(-c2ccc3c(c2)Nc2ccc(CCOc4ccc(N5CCOCC5)cc4)cc2NC3=O)ccc1Cc1cncs1. The van der Waals surface area contributed by atoms with Gasteiger partial charge in [-0.15, -0.1) is 11.3 Å². The summed E-state index contributed by atoms with van der Waals surface area (Å²) in [6.45, 7) is 3.89. The molecular formula is C36H34N4O4S. The lowest BCUT2D eigenvalue weighted by atomic mass is 9.99. The van der Waals surface area contributed by atoms with E-state index in [1.54, 1.807) is 18.4 Å². The number of nitrogens with one attached hydrogen (secondary N) is 2. The van der Waals surface area contributed by atoms with E-state index < -0.39 is 0 Å². The van der Waals surface area contributed by atoms with Crippen LogP contribution in [-0.2, 0) is 17.6 Å². The van der Waals surface area contributed by atoms with Crippen LogP contribution in [0.25, 0.3) is 11.1 Å². The van der Waals surface area contributed by atoms with Gasteiger partial charge in [0.25, 0.3) is 5.91 Å². The summed E-state index contributed by atoms with van der Waals surface area (Å²) in [5, 5.41) is 6.58. The average molecular weight is 619 g/mol. The lowest BCUT2D eigenvalue weighted by Crippen LogP contribution is -2.36. The molecule has 0 radical (unpaired) electrons. The maximum absolute atomic E-state index is 13.3. The third kappa shape index (κ3) is 6.50. The Morgan fingerprint density at radius 1 is 0.889 bits per heavy atom. The Balaban J connectivity index is 1.02. The molecule has 7 rings (SSSR count). The monoisotopic (exact) mass is 618 g/mol. The summed E-state index contributed by atoms with van der Waals surface area (Å²) in [6.07, 6.45) is 3.38. The first-order valence-corrected chi connectivity index (χ1v) is 16.0. The number of aromatic nitrogens is 1. The van der Waals surface area contributed by atoms with E-state index in [2.05, 4.69) is 56.9 Å². The number of nitrogens with zero attached hydrogens (tertiary/aromatic N) is 2. The van der Waals surface area contributed by atoms with Crippen molar-refractivity contribution in [3.05, 3.63) is 112 Å². The third-order valence-corrected chi connectivity index (χ3v) is 8.99. The molecule has 228 valence electrons. The van der Waals surface area contributed by atoms with Crippen molar-refractivity contribution < 1.29 is 19.0 Å². The maximum Gasteiger partial charge on any atom is 0.257 e. The molecule has 3 heterocycles. The molecule has 0 bridgehead atoms. The Morgan fingerprint density at radius 2 is 1.71 bits per heavy atom. The minimum absolute atomic E-state index is 0.144. The number of carbonyl (C=O) groups excluding carboxylic acids is 1. The van der Waals surface area contributed by atoms with Crippen molar-refractivity contribution in [3.63, 3.8) is 0 Å². The van der Waals surface area contributed by atoms with Crippen molar-refractivity contribution in [1.29, 1.82) is 0 Å². The normalized spacial score (nSPS) is 14.1. The van der Waals surface area contributed by atoms with Gasteiger partial charge in [0.1, 0.15) is 11.5 Å². The summed E-state index contributed by atoms with van der Waals surface area (Å²) < 4.78 is 17.2. The van der Waals surface area contributed by atoms with Gasteiger partial charge in [-0.3, -0.25) is 9.78 Å². The van der Waals surface area contributed by atoms with E-state index in [4.69, 9.17) is 14.2 Å². The van der Waals surface area contributed by atoms with Crippen LogP contribution >= 0.6 is 11.3 Å². The summed E-state index contributed by atoms with van der Waals surface area (Å²) in [5.41, 5.74) is 10.2. The molecule has 2 aliphatic rings. The molecule has 0 spiro atoms. The summed E-state index contributed by atoms with van der Waals surface area (Å²) in [5.74, 6) is 1.53. The minimum atomic E-state index is -0.144. The molecule has 2 aliphatic heterocycles. The molecule has 9 heteroatoms. The number of hydrogen-bond acceptors (Lipinski definition) is 8. The fourth-order valence-electron chi connectivity index (χ4n) is 5.77. The molecule has 1 aromatic heterocycles. The molecule has 45 heavy (non-hydrogen) atoms. The number of methoxy groups -OCH3 is 1. The van der Waals surface area contributed by atoms with E-state index in [9.17, 15) is 4.79 Å². The fourth-order valence-corrected chi connectivity index (χ4v) is 6.39. The molecule has 0 atom stereocenters. The van der Waals surface area contributed by atoms with Gasteiger partial charge in [0, 0.05) is 42.7 Å². The van der Waals surface area contributed by atoms with Crippen molar-refractivity contribution in [2.45, 2.75) is 12.8 Å². The quantitative estimate of drug-likeness (QED) is 0.181. The first kappa shape index (κ1) is 28.9. The van der Waals surface area contributed by atoms with Crippen molar-refractivity contribution in [3.8, 4) is 22.6 Å². The van der Waals surface area contributed by atoms with E-state index in [-0.39, 0.29) is 5.91 Å². The summed E-state index contributed by atoms with van der Waals surface area (Å²) in [7, 11) is 1.69. The molecule has 5 aromatic rings. The molecule has 0 saturated carbocycles. The van der Waals surface area contributed by atoms with Crippen LogP contribution in [0.15, 0.2) is 90.6 Å². The van der Waals surface area contributed by atoms with E-state index in [0.29, 0.717) is 18.6 Å². The van der Waals surface area contributed by atoms with Gasteiger partial charge in [-0.25, -0.2) is 0 Å². The van der Waals surface area contributed by atoms with Crippen LogP contribution in [0.3, 0.4) is 0 Å². The zero-order valence-corrected chi connectivity index (χ0v) is 25.9. The number of thiazole rings is 1. The van der Waals surface area contributed by atoms with Crippen LogP contribution < -0.4 is 25.0 Å². The molecule has 1 amide bonds. The molecule has 1 saturated heterocycles. The number of benzene rings is 4. The molecular weight excluding hydrogens is 584 g/mol. The van der Waals surface area contributed by atoms with Crippen molar-refractivity contribution in [2.75, 3.05) is 55.6 Å². The van der Waals surface area contributed by atoms with Crippen LogP contribution in [0.5, 0.6) is 11.5 Å². The largest absolute Gasteiger partial charge is 0.496 e. The molecule has 2 N–H and O–H groups in total. The lowest BCUT2D eigenvalue weighted by molar-refractivity contribution is 0.102. The highest BCUT2D eigenvalue weighted by Crippen LogP contribution is 2.37. The highest BCUT2D eigenvalue weighted by atomic mass is 32.1. The Hall–Kier alpha value is -4.86. The van der Waals surface area contributed by atoms with Gasteiger partial charge in [-0.05, 0) is 76.9 Å². The Morgan fingerprint density at radius 3 is 2.51 bits per heavy atom. The highest BCUT2D eigenvalue weighted by Gasteiger charge is 2.20. The van der Waals surface area contributed by atoms with E-state index >= 15 is 0 Å². The molecule has 1 fully saturated rings. The highest BCUT2D eigenvalue weighted by molar-refractivity contribution is 7.09. The summed E-state index contributed by atoms with van der Waals surface area (Å²) in [4.78, 5) is 20.9. The minimum Gasteiger partial charge on any atom is -0.496 e. The zero-order chi connectivity index (χ0) is 30.6. The predicted molar refractivity (Wildman–Crippen MR) is 180 cm³/mol. The standard InChI is InChI=1S/C36H34N4O4S/c1-42-35-21-26(3-4-27(35)19-30-22-37-23-45-30)25-5-10-31-33(20-25)38-32-11-2-24(18-34(32)39-36(31)41)12-15-44-29-8-6-28(7-9-29)40-13-16-43-17-14-40/h2-11,18,20-23,38H,12-17,19H2,1H3,(H,39,41). The van der Waals surface area contributed by atoms with Crippen LogP contribution in [-0.4, -0.2) is 50.9 Å². The number of hydrogen-bond donors (Lipinski definition) is 2. The number of rotatable bonds is 9. The van der Waals surface area contributed by atoms with Crippen molar-refractivity contribution in [1.82, 2.24) is 4.98 Å². The number of amides is 1. The van der Waals surface area contributed by atoms with Gasteiger partial charge in [-0.1, -0.05) is 24.3 Å². The summed E-state index contributed by atoms with van der Waals surface area (Å²) >= 11 is 1.63. The second-order valence-electron chi connectivity index (χ2n) is 11.1. The number of carbonyl (C=O) groups is 1. The van der Waals surface area contributed by atoms with E-state index in [0.717, 1.165) is 83.5 Å². The van der Waals surface area contributed by atoms with Crippen LogP contribution in [0.2, 0.25) is 0 Å². The molecule has 4 aromatic carbocycles. The van der Waals surface area contributed by atoms with Crippen molar-refractivity contribution >= 4 is 40.0 Å². The van der Waals surface area contributed by atoms with Gasteiger partial charge in [0.2, 0.25) is 0 Å². The molecule has 8 nitrogen and oxygen atoms in total. The zero-order valence-electron chi connectivity index (χ0n) is 25.0. The van der Waals surface area contributed by atoms with Gasteiger partial charge in [0.05, 0.1) is 55.1 Å². The topological polar surface area (TPSA) is 85.0 Å². The van der Waals surface area contributed by atoms with Gasteiger partial charge < -0.3 is 29.7 Å². The average Bonchev–Trinajstić information content (AvgIpc) is 3.55. The Labute approximate surface area is 266 Å². The van der Waals surface area contributed by atoms with Gasteiger partial charge in [0.15, 0.2) is 0 Å². The second kappa shape index (κ2) is 13.0. The van der Waals surface area contributed by atoms with Crippen LogP contribution in [0.4, 0.5) is 22.7 Å². The fraction of sp³-hybridized carbons (Fsp3) is 0.222. The predicted octanol–water partition coefficient (Wildman–Crippen LogP) is 7.18. The number of morpholine rings is 1. The Kier molecular flexibility index (Phi) is 8.35. The number of anilines is 4.